The smallest absolute Gasteiger partial charge is 0.370 e. The van der Waals surface area contributed by atoms with E-state index in [4.69, 9.17) is 0 Å². The lowest BCUT2D eigenvalue weighted by Crippen LogP contribution is -2.58. The minimum absolute atomic E-state index is 0.261. The summed E-state index contributed by atoms with van der Waals surface area (Å²) in [4.78, 5) is 6.19. The van der Waals surface area contributed by atoms with E-state index < -0.39 is 18.4 Å². The third kappa shape index (κ3) is 3.92. The number of likely N-dealkylation sites (tertiary alicyclic amines) is 1. The predicted molar refractivity (Wildman–Crippen MR) is 95.1 cm³/mol. The zero-order valence-electron chi connectivity index (χ0n) is 14.8. The maximum absolute atomic E-state index is 14.1. The molecular formula is C19H23F4N3. The number of halogens is 4. The first-order valence-electron chi connectivity index (χ1n) is 8.76. The molecule has 0 bridgehead atoms. The number of hydrogen-bond acceptors (Lipinski definition) is 3. The minimum atomic E-state index is -4.47. The van der Waals surface area contributed by atoms with Crippen LogP contribution < -0.4 is 5.32 Å². The second-order valence-corrected chi connectivity index (χ2v) is 7.19. The van der Waals surface area contributed by atoms with Crippen LogP contribution in [-0.4, -0.2) is 43.5 Å². The van der Waals surface area contributed by atoms with Gasteiger partial charge in [-0.05, 0) is 44.5 Å². The van der Waals surface area contributed by atoms with Gasteiger partial charge in [-0.3, -0.25) is 4.99 Å². The minimum Gasteiger partial charge on any atom is -0.370 e. The summed E-state index contributed by atoms with van der Waals surface area (Å²) in [5, 5.41) is 3.34. The Morgan fingerprint density at radius 2 is 1.96 bits per heavy atom. The van der Waals surface area contributed by atoms with Gasteiger partial charge in [-0.2, -0.15) is 13.2 Å². The molecule has 1 aromatic rings. The molecule has 1 N–H and O–H groups in total. The number of nitrogens with one attached hydrogen (secondary N) is 1. The van der Waals surface area contributed by atoms with Gasteiger partial charge in [0.15, 0.2) is 0 Å². The highest BCUT2D eigenvalue weighted by molar-refractivity contribution is 5.76. The van der Waals surface area contributed by atoms with Gasteiger partial charge in [0.2, 0.25) is 0 Å². The Morgan fingerprint density at radius 1 is 1.31 bits per heavy atom. The highest BCUT2D eigenvalue weighted by Crippen LogP contribution is 2.44. The average molecular weight is 369 g/mol. The van der Waals surface area contributed by atoms with E-state index in [9.17, 15) is 17.6 Å². The largest absolute Gasteiger partial charge is 0.393 e. The van der Waals surface area contributed by atoms with E-state index in [-0.39, 0.29) is 11.0 Å². The summed E-state index contributed by atoms with van der Waals surface area (Å²) >= 11 is 0. The zero-order chi connectivity index (χ0) is 18.9. The molecule has 142 valence electrons. The van der Waals surface area contributed by atoms with Crippen LogP contribution in [0.2, 0.25) is 0 Å². The standard InChI is InChI=1S/C19H23F4N3/c1-3-25-17-9-16(20)14(10-19(21,22)23)8-15(17)13(2)26-11-18(12-26)4-6-24-7-5-18/h3,8-9,24H,2,4-7,10-12H2,1H3. The van der Waals surface area contributed by atoms with E-state index in [1.165, 1.54) is 12.3 Å². The van der Waals surface area contributed by atoms with Crippen LogP contribution in [-0.2, 0) is 6.42 Å². The van der Waals surface area contributed by atoms with E-state index in [0.29, 0.717) is 16.9 Å². The second kappa shape index (κ2) is 7.02. The van der Waals surface area contributed by atoms with Gasteiger partial charge in [0.05, 0.1) is 12.1 Å². The van der Waals surface area contributed by atoms with Crippen molar-refractivity contribution in [1.29, 1.82) is 0 Å². The Balaban J connectivity index is 1.85. The van der Waals surface area contributed by atoms with Gasteiger partial charge in [-0.15, -0.1) is 0 Å². The van der Waals surface area contributed by atoms with Crippen molar-refractivity contribution in [2.75, 3.05) is 26.2 Å². The van der Waals surface area contributed by atoms with Crippen LogP contribution in [0.3, 0.4) is 0 Å². The fourth-order valence-corrected chi connectivity index (χ4v) is 3.83. The van der Waals surface area contributed by atoms with Crippen LogP contribution in [0, 0.1) is 11.2 Å². The molecule has 3 nitrogen and oxygen atoms in total. The normalized spacial score (nSPS) is 19.8. The summed E-state index contributed by atoms with van der Waals surface area (Å²) in [6, 6.07) is 2.32. The Hall–Kier alpha value is -1.89. The SMILES string of the molecule is C=C(c1cc(CC(F)(F)F)c(F)cc1N=CC)N1CC2(CCNCC2)C1. The number of hydrogen-bond donors (Lipinski definition) is 1. The van der Waals surface area contributed by atoms with Gasteiger partial charge in [0.25, 0.3) is 0 Å². The van der Waals surface area contributed by atoms with Crippen molar-refractivity contribution in [2.24, 2.45) is 10.4 Å². The van der Waals surface area contributed by atoms with Crippen LogP contribution in [0.15, 0.2) is 23.7 Å². The molecule has 3 rings (SSSR count). The molecule has 2 aliphatic heterocycles. The van der Waals surface area contributed by atoms with E-state index in [0.717, 1.165) is 45.1 Å². The van der Waals surface area contributed by atoms with Crippen molar-refractivity contribution in [3.05, 3.63) is 35.7 Å². The lowest BCUT2D eigenvalue weighted by Gasteiger charge is -2.54. The number of aliphatic imine (C=N–C) groups is 1. The average Bonchev–Trinajstić information content (AvgIpc) is 2.54. The molecule has 26 heavy (non-hydrogen) atoms. The molecule has 0 atom stereocenters. The monoisotopic (exact) mass is 369 g/mol. The maximum atomic E-state index is 14.1. The number of alkyl halides is 3. The van der Waals surface area contributed by atoms with Crippen molar-refractivity contribution in [1.82, 2.24) is 10.2 Å². The van der Waals surface area contributed by atoms with Crippen LogP contribution in [0.5, 0.6) is 0 Å². The summed E-state index contributed by atoms with van der Waals surface area (Å²) in [7, 11) is 0. The summed E-state index contributed by atoms with van der Waals surface area (Å²) < 4.78 is 52.3. The Morgan fingerprint density at radius 3 is 2.54 bits per heavy atom. The molecule has 7 heteroatoms. The number of benzene rings is 1. The maximum Gasteiger partial charge on any atom is 0.393 e. The lowest BCUT2D eigenvalue weighted by molar-refractivity contribution is -0.127. The fourth-order valence-electron chi connectivity index (χ4n) is 3.83. The van der Waals surface area contributed by atoms with Gasteiger partial charge in [0.1, 0.15) is 5.82 Å². The molecule has 2 saturated heterocycles. The van der Waals surface area contributed by atoms with Crippen molar-refractivity contribution < 1.29 is 17.6 Å². The summed E-state index contributed by atoms with van der Waals surface area (Å²) in [5.74, 6) is -0.891. The van der Waals surface area contributed by atoms with E-state index in [1.54, 1.807) is 6.92 Å². The second-order valence-electron chi connectivity index (χ2n) is 7.19. The molecular weight excluding hydrogens is 346 g/mol. The summed E-state index contributed by atoms with van der Waals surface area (Å²) in [6.07, 6.45) is -2.10. The molecule has 1 aromatic carbocycles. The molecule has 0 amide bonds. The Kier molecular flexibility index (Phi) is 5.10. The number of piperidine rings is 1. The van der Waals surface area contributed by atoms with Gasteiger partial charge < -0.3 is 10.2 Å². The molecule has 0 saturated carbocycles. The molecule has 0 aliphatic carbocycles. The number of nitrogens with zero attached hydrogens (tertiary/aromatic N) is 2. The van der Waals surface area contributed by atoms with E-state index >= 15 is 0 Å². The molecule has 0 unspecified atom stereocenters. The van der Waals surface area contributed by atoms with Crippen LogP contribution in [0.4, 0.5) is 23.2 Å². The van der Waals surface area contributed by atoms with Crippen molar-refractivity contribution in [3.8, 4) is 0 Å². The van der Waals surface area contributed by atoms with Gasteiger partial charge in [0, 0.05) is 42.0 Å². The third-order valence-electron chi connectivity index (χ3n) is 5.23. The Labute approximate surface area is 150 Å². The molecule has 2 fully saturated rings. The van der Waals surface area contributed by atoms with Crippen LogP contribution in [0.1, 0.15) is 30.9 Å². The quantitative estimate of drug-likeness (QED) is 0.633. The van der Waals surface area contributed by atoms with Crippen LogP contribution in [0.25, 0.3) is 5.70 Å². The van der Waals surface area contributed by atoms with Gasteiger partial charge >= 0.3 is 6.18 Å². The topological polar surface area (TPSA) is 27.6 Å². The highest BCUT2D eigenvalue weighted by atomic mass is 19.4. The molecule has 0 radical (unpaired) electrons. The van der Waals surface area contributed by atoms with Crippen LogP contribution >= 0.6 is 0 Å². The first-order chi connectivity index (χ1) is 12.2. The number of rotatable bonds is 4. The van der Waals surface area contributed by atoms with E-state index in [1.807, 2.05) is 0 Å². The molecule has 0 aromatic heterocycles. The third-order valence-corrected chi connectivity index (χ3v) is 5.23. The van der Waals surface area contributed by atoms with Gasteiger partial charge in [-0.1, -0.05) is 6.58 Å². The lowest BCUT2D eigenvalue weighted by atomic mass is 9.72. The molecule has 1 spiro atoms. The van der Waals surface area contributed by atoms with Crippen molar-refractivity contribution in [3.63, 3.8) is 0 Å². The Bertz CT molecular complexity index is 710. The first-order valence-corrected chi connectivity index (χ1v) is 8.76. The zero-order valence-corrected chi connectivity index (χ0v) is 14.8. The highest BCUT2D eigenvalue weighted by Gasteiger charge is 2.44. The molecule has 2 aliphatic rings. The predicted octanol–water partition coefficient (Wildman–Crippen LogP) is 4.31. The van der Waals surface area contributed by atoms with Gasteiger partial charge in [-0.25, -0.2) is 4.39 Å². The first kappa shape index (κ1) is 18.9. The fraction of sp³-hybridized carbons (Fsp3) is 0.526. The van der Waals surface area contributed by atoms with E-state index in [2.05, 4.69) is 21.8 Å². The van der Waals surface area contributed by atoms with Crippen molar-refractivity contribution in [2.45, 2.75) is 32.4 Å². The van der Waals surface area contributed by atoms with Crippen molar-refractivity contribution >= 4 is 17.6 Å². The molecule has 2 heterocycles. The summed E-state index contributed by atoms with van der Waals surface area (Å²) in [6.45, 7) is 9.37. The summed E-state index contributed by atoms with van der Waals surface area (Å²) in [5.41, 5.74) is 1.27.